The summed E-state index contributed by atoms with van der Waals surface area (Å²) in [5.74, 6) is -0.00390. The Hall–Kier alpha value is -3.26. The molecule has 120 valence electrons. The zero-order chi connectivity index (χ0) is 16.9. The molecule has 0 unspecified atom stereocenters. The fourth-order valence-electron chi connectivity index (χ4n) is 1.95. The van der Waals surface area contributed by atoms with Crippen molar-refractivity contribution in [2.75, 3.05) is 10.6 Å². The van der Waals surface area contributed by atoms with Crippen molar-refractivity contribution in [3.8, 4) is 10.6 Å². The Morgan fingerprint density at radius 3 is 2.42 bits per heavy atom. The molecular weight excluding hydrogens is 326 g/mol. The number of nitrogens with zero attached hydrogens (tertiary/aromatic N) is 2. The highest BCUT2D eigenvalue weighted by molar-refractivity contribution is 7.13. The van der Waals surface area contributed by atoms with Gasteiger partial charge in [-0.05, 0) is 12.1 Å². The molecule has 3 rings (SSSR count). The van der Waals surface area contributed by atoms with E-state index in [4.69, 9.17) is 5.73 Å². The summed E-state index contributed by atoms with van der Waals surface area (Å²) in [5.41, 5.74) is 6.21. The molecule has 0 aliphatic heterocycles. The van der Waals surface area contributed by atoms with E-state index in [1.807, 2.05) is 30.3 Å². The normalized spacial score (nSPS) is 10.2. The molecule has 0 radical (unpaired) electrons. The highest BCUT2D eigenvalue weighted by atomic mass is 32.1. The molecular formula is C16H13N5O2S. The number of urea groups is 1. The number of nitrogens with one attached hydrogen (secondary N) is 2. The Labute approximate surface area is 141 Å². The summed E-state index contributed by atoms with van der Waals surface area (Å²) in [6, 6.07) is 13.8. The van der Waals surface area contributed by atoms with Crippen LogP contribution < -0.4 is 16.4 Å². The molecule has 4 N–H and O–H groups in total. The average Bonchev–Trinajstić information content (AvgIpc) is 3.04. The molecule has 1 aromatic carbocycles. The average molecular weight is 339 g/mol. The second kappa shape index (κ2) is 6.88. The molecule has 0 bridgehead atoms. The fourth-order valence-corrected chi connectivity index (χ4v) is 2.71. The van der Waals surface area contributed by atoms with Crippen LogP contribution in [0.25, 0.3) is 10.6 Å². The maximum Gasteiger partial charge on any atom is 0.326 e. The van der Waals surface area contributed by atoms with Gasteiger partial charge in [0.1, 0.15) is 22.3 Å². The highest BCUT2D eigenvalue weighted by Crippen LogP contribution is 2.25. The third-order valence-corrected chi connectivity index (χ3v) is 3.90. The van der Waals surface area contributed by atoms with E-state index in [9.17, 15) is 9.59 Å². The molecule has 7 nitrogen and oxygen atoms in total. The lowest BCUT2D eigenvalue weighted by Gasteiger charge is -2.05. The first-order valence-electron chi connectivity index (χ1n) is 6.97. The summed E-state index contributed by atoms with van der Waals surface area (Å²) < 4.78 is 0. The van der Waals surface area contributed by atoms with E-state index in [0.29, 0.717) is 5.82 Å². The van der Waals surface area contributed by atoms with Crippen molar-refractivity contribution in [2.45, 2.75) is 0 Å². The molecule has 2 heterocycles. The molecule has 0 atom stereocenters. The van der Waals surface area contributed by atoms with Crippen molar-refractivity contribution < 1.29 is 9.59 Å². The van der Waals surface area contributed by atoms with Crippen molar-refractivity contribution in [3.63, 3.8) is 0 Å². The van der Waals surface area contributed by atoms with Crippen LogP contribution in [-0.4, -0.2) is 21.9 Å². The molecule has 0 aliphatic rings. The monoisotopic (exact) mass is 339 g/mol. The lowest BCUT2D eigenvalue weighted by molar-refractivity contribution is 0.0995. The van der Waals surface area contributed by atoms with Crippen molar-refractivity contribution in [3.05, 3.63) is 59.6 Å². The van der Waals surface area contributed by atoms with Crippen LogP contribution in [0.4, 0.5) is 16.4 Å². The van der Waals surface area contributed by atoms with Crippen LogP contribution in [-0.2, 0) is 0 Å². The summed E-state index contributed by atoms with van der Waals surface area (Å²) in [7, 11) is 0. The topological polar surface area (TPSA) is 110 Å². The molecule has 0 saturated heterocycles. The van der Waals surface area contributed by atoms with Crippen LogP contribution in [0.15, 0.2) is 53.9 Å². The van der Waals surface area contributed by atoms with Crippen LogP contribution in [0.2, 0.25) is 0 Å². The van der Waals surface area contributed by atoms with Crippen LogP contribution in [0.1, 0.15) is 10.5 Å². The molecule has 0 aliphatic carbocycles. The van der Waals surface area contributed by atoms with Crippen LogP contribution in [0, 0.1) is 0 Å². The van der Waals surface area contributed by atoms with Crippen LogP contribution in [0.3, 0.4) is 0 Å². The minimum absolute atomic E-state index is 0.0767. The number of carbonyl (C=O) groups excluding carboxylic acids is 2. The second-order valence-electron chi connectivity index (χ2n) is 4.76. The first-order chi connectivity index (χ1) is 11.6. The minimum atomic E-state index is -0.661. The van der Waals surface area contributed by atoms with E-state index in [1.165, 1.54) is 17.4 Å². The lowest BCUT2D eigenvalue weighted by atomic mass is 10.2. The minimum Gasteiger partial charge on any atom is -0.364 e. The van der Waals surface area contributed by atoms with Gasteiger partial charge in [0, 0.05) is 10.9 Å². The lowest BCUT2D eigenvalue weighted by Crippen LogP contribution is -2.21. The molecule has 0 spiro atoms. The molecule has 0 saturated carbocycles. The van der Waals surface area contributed by atoms with Crippen molar-refractivity contribution in [1.82, 2.24) is 9.97 Å². The molecule has 3 amide bonds. The van der Waals surface area contributed by atoms with E-state index in [0.717, 1.165) is 10.6 Å². The van der Waals surface area contributed by atoms with Crippen molar-refractivity contribution in [1.29, 1.82) is 0 Å². The number of carbonyl (C=O) groups is 2. The number of hydrogen-bond donors (Lipinski definition) is 3. The Morgan fingerprint density at radius 1 is 0.917 bits per heavy atom. The van der Waals surface area contributed by atoms with Gasteiger partial charge in [-0.15, -0.1) is 11.3 Å². The molecule has 3 aromatic rings. The van der Waals surface area contributed by atoms with Gasteiger partial charge in [0.15, 0.2) is 0 Å². The van der Waals surface area contributed by atoms with Gasteiger partial charge in [-0.2, -0.15) is 0 Å². The number of amides is 3. The summed E-state index contributed by atoms with van der Waals surface area (Å²) in [5, 5.41) is 7.70. The Balaban J connectivity index is 1.66. The number of primary amides is 1. The zero-order valence-electron chi connectivity index (χ0n) is 12.4. The number of benzene rings is 1. The van der Waals surface area contributed by atoms with E-state index in [2.05, 4.69) is 20.6 Å². The Kier molecular flexibility index (Phi) is 4.48. The summed E-state index contributed by atoms with van der Waals surface area (Å²) in [4.78, 5) is 31.4. The largest absolute Gasteiger partial charge is 0.364 e. The number of aromatic nitrogens is 2. The number of thiazole rings is 1. The fraction of sp³-hybridized carbons (Fsp3) is 0. The number of nitrogens with two attached hydrogens (primary N) is 1. The van der Waals surface area contributed by atoms with E-state index in [1.54, 1.807) is 17.5 Å². The van der Waals surface area contributed by atoms with E-state index in [-0.39, 0.29) is 11.5 Å². The Morgan fingerprint density at radius 2 is 1.67 bits per heavy atom. The first kappa shape index (κ1) is 15.6. The molecule has 8 heteroatoms. The maximum atomic E-state index is 12.0. The number of pyridine rings is 1. The van der Waals surface area contributed by atoms with Gasteiger partial charge in [-0.3, -0.25) is 15.4 Å². The van der Waals surface area contributed by atoms with Gasteiger partial charge >= 0.3 is 6.03 Å². The maximum absolute atomic E-state index is 12.0. The van der Waals surface area contributed by atoms with Crippen LogP contribution in [0.5, 0.6) is 0 Å². The van der Waals surface area contributed by atoms with Crippen molar-refractivity contribution >= 4 is 34.9 Å². The molecule has 0 fully saturated rings. The third kappa shape index (κ3) is 3.73. The highest BCUT2D eigenvalue weighted by Gasteiger charge is 2.09. The van der Waals surface area contributed by atoms with Gasteiger partial charge in [0.2, 0.25) is 0 Å². The SMILES string of the molecule is NC(=O)c1cccc(NC(=O)Nc2csc(-c3ccccc3)n2)n1. The van der Waals surface area contributed by atoms with Gasteiger partial charge in [-0.25, -0.2) is 14.8 Å². The third-order valence-electron chi connectivity index (χ3n) is 3.01. The summed E-state index contributed by atoms with van der Waals surface area (Å²) >= 11 is 1.43. The quantitative estimate of drug-likeness (QED) is 0.678. The molecule has 2 aromatic heterocycles. The first-order valence-corrected chi connectivity index (χ1v) is 7.85. The predicted octanol–water partition coefficient (Wildman–Crippen LogP) is 2.95. The summed E-state index contributed by atoms with van der Waals surface area (Å²) in [6.07, 6.45) is 0. The van der Waals surface area contributed by atoms with E-state index < -0.39 is 11.9 Å². The van der Waals surface area contributed by atoms with Gasteiger partial charge in [-0.1, -0.05) is 36.4 Å². The standard InChI is InChI=1S/C16H13N5O2S/c17-14(22)11-7-4-8-12(18-11)20-16(23)21-13-9-24-15(19-13)10-5-2-1-3-6-10/h1-9H,(H2,17,22)(H2,18,20,21,23). The van der Waals surface area contributed by atoms with Crippen LogP contribution >= 0.6 is 11.3 Å². The summed E-state index contributed by atoms with van der Waals surface area (Å²) in [6.45, 7) is 0. The van der Waals surface area contributed by atoms with Gasteiger partial charge in [0.05, 0.1) is 0 Å². The molecule has 24 heavy (non-hydrogen) atoms. The number of anilines is 2. The zero-order valence-corrected chi connectivity index (χ0v) is 13.2. The van der Waals surface area contributed by atoms with E-state index >= 15 is 0 Å². The predicted molar refractivity (Wildman–Crippen MR) is 92.9 cm³/mol. The van der Waals surface area contributed by atoms with Gasteiger partial charge < -0.3 is 5.73 Å². The number of hydrogen-bond acceptors (Lipinski definition) is 5. The smallest absolute Gasteiger partial charge is 0.326 e. The van der Waals surface area contributed by atoms with Crippen molar-refractivity contribution in [2.24, 2.45) is 5.73 Å². The Bertz CT molecular complexity index is 879. The van der Waals surface area contributed by atoms with Gasteiger partial charge in [0.25, 0.3) is 5.91 Å². The number of rotatable bonds is 4. The second-order valence-corrected chi connectivity index (χ2v) is 5.61.